The molecule has 0 heterocycles. The molecular weight excluding hydrogens is 292 g/mol. The highest BCUT2D eigenvalue weighted by atomic mass is 16.2. The highest BCUT2D eigenvalue weighted by molar-refractivity contribution is 5.91. The van der Waals surface area contributed by atoms with Crippen molar-refractivity contribution in [1.29, 1.82) is 0 Å². The van der Waals surface area contributed by atoms with Gasteiger partial charge in [0.15, 0.2) is 0 Å². The fraction of sp³-hybridized carbons (Fsp3) is 0.667. The molecule has 1 atom stereocenters. The van der Waals surface area contributed by atoms with E-state index in [2.05, 4.69) is 16.0 Å². The van der Waals surface area contributed by atoms with Crippen LogP contribution in [0.15, 0.2) is 0 Å². The van der Waals surface area contributed by atoms with E-state index in [0.29, 0.717) is 25.8 Å². The lowest BCUT2D eigenvalue weighted by molar-refractivity contribution is -0.130. The van der Waals surface area contributed by atoms with Crippen LogP contribution in [0.3, 0.4) is 0 Å². The third-order valence-electron chi connectivity index (χ3n) is 2.67. The molecule has 10 heteroatoms. The van der Waals surface area contributed by atoms with Crippen LogP contribution in [0.1, 0.15) is 19.3 Å². The maximum Gasteiger partial charge on any atom is 0.243 e. The third kappa shape index (κ3) is 9.66. The molecule has 0 saturated heterocycles. The number of primary amides is 1. The van der Waals surface area contributed by atoms with E-state index < -0.39 is 29.7 Å². The first-order valence-corrected chi connectivity index (χ1v) is 6.93. The van der Waals surface area contributed by atoms with Crippen molar-refractivity contribution in [2.45, 2.75) is 25.3 Å². The first-order chi connectivity index (χ1) is 10.4. The third-order valence-corrected chi connectivity index (χ3v) is 2.67. The molecule has 10 nitrogen and oxygen atoms in total. The zero-order valence-electron chi connectivity index (χ0n) is 12.4. The maximum absolute atomic E-state index is 11.9. The van der Waals surface area contributed by atoms with Gasteiger partial charge in [0.25, 0.3) is 0 Å². The Bertz CT molecular complexity index is 401. The summed E-state index contributed by atoms with van der Waals surface area (Å²) in [5, 5.41) is 7.10. The van der Waals surface area contributed by atoms with Crippen LogP contribution in [0.2, 0.25) is 0 Å². The van der Waals surface area contributed by atoms with Crippen LogP contribution in [0.25, 0.3) is 0 Å². The molecule has 0 saturated carbocycles. The van der Waals surface area contributed by atoms with Gasteiger partial charge < -0.3 is 33.2 Å². The van der Waals surface area contributed by atoms with Crippen LogP contribution in [-0.2, 0) is 19.2 Å². The number of carbonyl (C=O) groups is 4. The Morgan fingerprint density at radius 1 is 0.909 bits per heavy atom. The van der Waals surface area contributed by atoms with Gasteiger partial charge in [0.1, 0.15) is 6.04 Å². The van der Waals surface area contributed by atoms with Crippen molar-refractivity contribution < 1.29 is 19.2 Å². The average Bonchev–Trinajstić information content (AvgIpc) is 2.49. The van der Waals surface area contributed by atoms with E-state index in [9.17, 15) is 19.2 Å². The SMILES string of the molecule is NCCCC[C@H](NC(=O)CNC(=O)CN)C(=O)NCC(N)=O. The van der Waals surface area contributed by atoms with Crippen LogP contribution in [-0.4, -0.2) is 55.8 Å². The van der Waals surface area contributed by atoms with E-state index >= 15 is 0 Å². The van der Waals surface area contributed by atoms with Gasteiger partial charge in [-0.2, -0.15) is 0 Å². The summed E-state index contributed by atoms with van der Waals surface area (Å²) >= 11 is 0. The zero-order valence-corrected chi connectivity index (χ0v) is 12.4. The van der Waals surface area contributed by atoms with Gasteiger partial charge in [-0.05, 0) is 25.8 Å². The van der Waals surface area contributed by atoms with Crippen LogP contribution in [0.5, 0.6) is 0 Å². The molecule has 0 rings (SSSR count). The van der Waals surface area contributed by atoms with Crippen LogP contribution in [0, 0.1) is 0 Å². The van der Waals surface area contributed by atoms with Gasteiger partial charge in [0.2, 0.25) is 23.6 Å². The molecule has 0 aliphatic carbocycles. The molecule has 126 valence electrons. The van der Waals surface area contributed by atoms with Gasteiger partial charge in [0, 0.05) is 0 Å². The number of rotatable bonds is 11. The molecule has 0 aromatic rings. The molecule has 9 N–H and O–H groups in total. The van der Waals surface area contributed by atoms with Crippen molar-refractivity contribution in [3.63, 3.8) is 0 Å². The van der Waals surface area contributed by atoms with Crippen molar-refractivity contribution in [3.05, 3.63) is 0 Å². The molecule has 4 amide bonds. The molecule has 0 aromatic heterocycles. The predicted octanol–water partition coefficient (Wildman–Crippen LogP) is -3.72. The second-order valence-electron chi connectivity index (χ2n) is 4.57. The quantitative estimate of drug-likeness (QED) is 0.213. The van der Waals surface area contributed by atoms with Crippen molar-refractivity contribution in [1.82, 2.24) is 16.0 Å². The second-order valence-corrected chi connectivity index (χ2v) is 4.57. The maximum atomic E-state index is 11.9. The lowest BCUT2D eigenvalue weighted by Gasteiger charge is -2.18. The normalized spacial score (nSPS) is 11.4. The second kappa shape index (κ2) is 11.5. The molecule has 0 aliphatic rings. The minimum Gasteiger partial charge on any atom is -0.368 e. The number of hydrogen-bond acceptors (Lipinski definition) is 6. The van der Waals surface area contributed by atoms with Crippen LogP contribution < -0.4 is 33.2 Å². The number of hydrogen-bond donors (Lipinski definition) is 6. The average molecular weight is 316 g/mol. The summed E-state index contributed by atoms with van der Waals surface area (Å²) in [4.78, 5) is 45.2. The van der Waals surface area contributed by atoms with Crippen LogP contribution in [0.4, 0.5) is 0 Å². The molecule has 0 bridgehead atoms. The number of nitrogens with two attached hydrogens (primary N) is 3. The fourth-order valence-electron chi connectivity index (χ4n) is 1.56. The fourth-order valence-corrected chi connectivity index (χ4v) is 1.56. The van der Waals surface area contributed by atoms with E-state index in [-0.39, 0.29) is 19.6 Å². The Hall–Kier alpha value is -2.20. The number of nitrogens with one attached hydrogen (secondary N) is 3. The number of unbranched alkanes of at least 4 members (excludes halogenated alkanes) is 1. The highest BCUT2D eigenvalue weighted by Crippen LogP contribution is 2.00. The lowest BCUT2D eigenvalue weighted by atomic mass is 10.1. The topological polar surface area (TPSA) is 182 Å². The number of amides is 4. The molecule has 0 spiro atoms. The van der Waals surface area contributed by atoms with Gasteiger partial charge >= 0.3 is 0 Å². The summed E-state index contributed by atoms with van der Waals surface area (Å²) < 4.78 is 0. The summed E-state index contributed by atoms with van der Waals surface area (Å²) in [7, 11) is 0. The molecule has 0 unspecified atom stereocenters. The summed E-state index contributed by atoms with van der Waals surface area (Å²) in [6.07, 6.45) is 1.68. The minimum absolute atomic E-state index is 0.230. The highest BCUT2D eigenvalue weighted by Gasteiger charge is 2.20. The Balaban J connectivity index is 4.43. The first kappa shape index (κ1) is 19.8. The van der Waals surface area contributed by atoms with Gasteiger partial charge in [-0.1, -0.05) is 0 Å². The molecule has 0 fully saturated rings. The van der Waals surface area contributed by atoms with Crippen LogP contribution >= 0.6 is 0 Å². The van der Waals surface area contributed by atoms with E-state index in [1.54, 1.807) is 0 Å². The zero-order chi connectivity index (χ0) is 17.0. The summed E-state index contributed by atoms with van der Waals surface area (Å²) in [6, 6.07) is -0.826. The largest absolute Gasteiger partial charge is 0.368 e. The predicted molar refractivity (Wildman–Crippen MR) is 79.1 cm³/mol. The Labute approximate surface area is 128 Å². The van der Waals surface area contributed by atoms with Crippen molar-refractivity contribution >= 4 is 23.6 Å². The van der Waals surface area contributed by atoms with Crippen molar-refractivity contribution in [2.75, 3.05) is 26.2 Å². The summed E-state index contributed by atoms with van der Waals surface area (Å²) in [6.45, 7) is -0.360. The summed E-state index contributed by atoms with van der Waals surface area (Å²) in [5.41, 5.74) is 15.4. The molecule has 22 heavy (non-hydrogen) atoms. The van der Waals surface area contributed by atoms with Gasteiger partial charge in [-0.25, -0.2) is 0 Å². The van der Waals surface area contributed by atoms with Crippen molar-refractivity contribution in [3.8, 4) is 0 Å². The molecule has 0 aromatic carbocycles. The van der Waals surface area contributed by atoms with E-state index in [1.165, 1.54) is 0 Å². The van der Waals surface area contributed by atoms with Gasteiger partial charge in [-0.3, -0.25) is 19.2 Å². The van der Waals surface area contributed by atoms with Crippen molar-refractivity contribution in [2.24, 2.45) is 17.2 Å². The molecule has 0 aliphatic heterocycles. The summed E-state index contributed by atoms with van der Waals surface area (Å²) in [5.74, 6) is -2.22. The Morgan fingerprint density at radius 3 is 2.14 bits per heavy atom. The molecular formula is C12H24N6O4. The Morgan fingerprint density at radius 2 is 1.59 bits per heavy atom. The van der Waals surface area contributed by atoms with E-state index in [4.69, 9.17) is 17.2 Å². The smallest absolute Gasteiger partial charge is 0.243 e. The minimum atomic E-state index is -0.826. The van der Waals surface area contributed by atoms with Gasteiger partial charge in [-0.15, -0.1) is 0 Å². The Kier molecular flexibility index (Phi) is 10.3. The molecule has 0 radical (unpaired) electrons. The monoisotopic (exact) mass is 316 g/mol. The van der Waals surface area contributed by atoms with E-state index in [1.807, 2.05) is 0 Å². The first-order valence-electron chi connectivity index (χ1n) is 6.93. The lowest BCUT2D eigenvalue weighted by Crippen LogP contribution is -2.51. The van der Waals surface area contributed by atoms with E-state index in [0.717, 1.165) is 0 Å². The number of carbonyl (C=O) groups excluding carboxylic acids is 4. The van der Waals surface area contributed by atoms with Gasteiger partial charge in [0.05, 0.1) is 19.6 Å². The standard InChI is InChI=1S/C12H24N6O4/c13-4-2-1-3-8(12(22)17-6-9(15)19)18-11(21)7-16-10(20)5-14/h8H,1-7,13-14H2,(H2,15,19)(H,16,20)(H,17,22)(H,18,21)/t8-/m0/s1.